The molecule has 2 aromatic carbocycles. The smallest absolute Gasteiger partial charge is 0.341 e. The highest BCUT2D eigenvalue weighted by Gasteiger charge is 2.30. The van der Waals surface area contributed by atoms with Gasteiger partial charge in [0.25, 0.3) is 5.91 Å². The first-order valence-corrected chi connectivity index (χ1v) is 10.1. The van der Waals surface area contributed by atoms with Gasteiger partial charge in [0.15, 0.2) is 23.2 Å². The van der Waals surface area contributed by atoms with Crippen molar-refractivity contribution in [2.75, 3.05) is 18.5 Å². The van der Waals surface area contributed by atoms with Crippen LogP contribution in [-0.4, -0.2) is 35.3 Å². The Hall–Kier alpha value is -3.59. The fourth-order valence-corrected chi connectivity index (χ4v) is 3.47. The summed E-state index contributed by atoms with van der Waals surface area (Å²) in [6, 6.07) is 13.7. The molecule has 3 rings (SSSR count). The Balaban J connectivity index is 1.94. The van der Waals surface area contributed by atoms with E-state index in [0.717, 1.165) is 0 Å². The zero-order chi connectivity index (χ0) is 22.4. The third-order valence-corrected chi connectivity index (χ3v) is 4.72. The van der Waals surface area contributed by atoms with Gasteiger partial charge in [-0.1, -0.05) is 24.3 Å². The number of hydrogen-bond acceptors (Lipinski definition) is 5. The minimum Gasteiger partial charge on any atom is -0.490 e. The van der Waals surface area contributed by atoms with Crippen molar-refractivity contribution >= 4 is 34.9 Å². The first-order chi connectivity index (χ1) is 14.9. The van der Waals surface area contributed by atoms with Crippen LogP contribution in [0.3, 0.4) is 0 Å². The number of carbonyl (C=O) groups is 2. The molecule has 162 valence electrons. The number of carboxylic acids is 1. The van der Waals surface area contributed by atoms with E-state index in [0.29, 0.717) is 45.7 Å². The molecule has 8 nitrogen and oxygen atoms in total. The Morgan fingerprint density at radius 1 is 1.13 bits per heavy atom. The Morgan fingerprint density at radius 2 is 1.87 bits per heavy atom. The molecule has 0 radical (unpaired) electrons. The number of nitrogens with one attached hydrogen (secondary N) is 3. The molecule has 0 unspecified atom stereocenters. The number of hydrogen-bond donors (Lipinski definition) is 4. The van der Waals surface area contributed by atoms with E-state index < -0.39 is 18.6 Å². The van der Waals surface area contributed by atoms with E-state index in [1.807, 2.05) is 25.1 Å². The summed E-state index contributed by atoms with van der Waals surface area (Å²) in [5.74, 6) is -0.677. The summed E-state index contributed by atoms with van der Waals surface area (Å²) >= 11 is 5.30. The first-order valence-electron chi connectivity index (χ1n) is 9.65. The fraction of sp³-hybridized carbons (Fsp3) is 0.227. The van der Waals surface area contributed by atoms with Crippen molar-refractivity contribution in [2.45, 2.75) is 19.9 Å². The summed E-state index contributed by atoms with van der Waals surface area (Å²) in [5, 5.41) is 18.3. The van der Waals surface area contributed by atoms with Crippen LogP contribution in [0.2, 0.25) is 0 Å². The molecule has 2 aromatic rings. The predicted octanol–water partition coefficient (Wildman–Crippen LogP) is 2.98. The van der Waals surface area contributed by atoms with Gasteiger partial charge in [-0.2, -0.15) is 0 Å². The number of carboxylic acid groups (broad SMARTS) is 1. The van der Waals surface area contributed by atoms with Crippen molar-refractivity contribution < 1.29 is 24.2 Å². The second-order valence-electron chi connectivity index (χ2n) is 6.71. The number of ether oxygens (including phenoxy) is 2. The average Bonchev–Trinajstić information content (AvgIpc) is 2.73. The summed E-state index contributed by atoms with van der Waals surface area (Å²) in [7, 11) is 0. The Morgan fingerprint density at radius 3 is 2.55 bits per heavy atom. The van der Waals surface area contributed by atoms with E-state index in [9.17, 15) is 9.59 Å². The van der Waals surface area contributed by atoms with Crippen LogP contribution in [0, 0.1) is 0 Å². The molecule has 31 heavy (non-hydrogen) atoms. The van der Waals surface area contributed by atoms with Gasteiger partial charge in [-0.3, -0.25) is 4.79 Å². The van der Waals surface area contributed by atoms with Gasteiger partial charge in [0.05, 0.1) is 18.2 Å². The van der Waals surface area contributed by atoms with Gasteiger partial charge in [0.2, 0.25) is 0 Å². The van der Waals surface area contributed by atoms with E-state index in [1.54, 1.807) is 37.3 Å². The number of para-hydroxylation sites is 1. The topological polar surface area (TPSA) is 109 Å². The SMILES string of the molecule is CCOc1cc([C@@H]2NC(=S)NC(C)=C2C(=O)Nc2ccccc2)ccc1OCC(=O)O. The summed E-state index contributed by atoms with van der Waals surface area (Å²) in [6.45, 7) is 3.47. The Kier molecular flexibility index (Phi) is 7.09. The maximum absolute atomic E-state index is 13.1. The number of thiocarbonyl (C=S) groups is 1. The largest absolute Gasteiger partial charge is 0.490 e. The van der Waals surface area contributed by atoms with Crippen molar-refractivity contribution in [3.05, 3.63) is 65.4 Å². The lowest BCUT2D eigenvalue weighted by Crippen LogP contribution is -2.45. The zero-order valence-electron chi connectivity index (χ0n) is 17.1. The molecule has 0 aliphatic carbocycles. The molecule has 4 N–H and O–H groups in total. The maximum Gasteiger partial charge on any atom is 0.341 e. The van der Waals surface area contributed by atoms with Crippen LogP contribution in [0.1, 0.15) is 25.5 Å². The van der Waals surface area contributed by atoms with Gasteiger partial charge >= 0.3 is 5.97 Å². The molecule has 0 fully saturated rings. The molecule has 0 spiro atoms. The zero-order valence-corrected chi connectivity index (χ0v) is 17.9. The highest BCUT2D eigenvalue weighted by molar-refractivity contribution is 7.80. The van der Waals surface area contributed by atoms with Crippen LogP contribution in [0.5, 0.6) is 11.5 Å². The summed E-state index contributed by atoms with van der Waals surface area (Å²) in [6.07, 6.45) is 0. The van der Waals surface area contributed by atoms with Gasteiger partial charge in [0, 0.05) is 11.4 Å². The molecule has 0 bridgehead atoms. The van der Waals surface area contributed by atoms with Crippen LogP contribution in [0.15, 0.2) is 59.8 Å². The Labute approximate surface area is 185 Å². The fourth-order valence-electron chi connectivity index (χ4n) is 3.20. The lowest BCUT2D eigenvalue weighted by Gasteiger charge is -2.30. The number of aliphatic carboxylic acids is 1. The van der Waals surface area contributed by atoms with Crippen LogP contribution in [-0.2, 0) is 9.59 Å². The third-order valence-electron chi connectivity index (χ3n) is 4.50. The number of carbonyl (C=O) groups excluding carboxylic acids is 1. The van der Waals surface area contributed by atoms with E-state index in [1.165, 1.54) is 0 Å². The van der Waals surface area contributed by atoms with Gasteiger partial charge in [0.1, 0.15) is 0 Å². The number of allylic oxidation sites excluding steroid dienone is 1. The summed E-state index contributed by atoms with van der Waals surface area (Å²) in [4.78, 5) is 24.0. The quantitative estimate of drug-likeness (QED) is 0.463. The molecule has 1 atom stereocenters. The van der Waals surface area contributed by atoms with Gasteiger partial charge in [-0.05, 0) is 55.9 Å². The van der Waals surface area contributed by atoms with E-state index in [-0.39, 0.29) is 5.91 Å². The molecule has 1 amide bonds. The Bertz CT molecular complexity index is 1020. The van der Waals surface area contributed by atoms with Crippen molar-refractivity contribution in [3.8, 4) is 11.5 Å². The molecular formula is C22H23N3O5S. The second-order valence-corrected chi connectivity index (χ2v) is 7.12. The molecule has 1 aliphatic rings. The molecule has 0 saturated carbocycles. The number of benzene rings is 2. The molecule has 0 aromatic heterocycles. The minimum atomic E-state index is -1.09. The number of amides is 1. The molecule has 1 heterocycles. The summed E-state index contributed by atoms with van der Waals surface area (Å²) in [5.41, 5.74) is 2.49. The second kappa shape index (κ2) is 9.94. The normalized spacial score (nSPS) is 15.5. The van der Waals surface area contributed by atoms with Crippen LogP contribution < -0.4 is 25.4 Å². The summed E-state index contributed by atoms with van der Waals surface area (Å²) < 4.78 is 10.9. The third kappa shape index (κ3) is 5.52. The average molecular weight is 442 g/mol. The van der Waals surface area contributed by atoms with E-state index >= 15 is 0 Å². The van der Waals surface area contributed by atoms with Crippen LogP contribution in [0.25, 0.3) is 0 Å². The molecule has 9 heteroatoms. The lowest BCUT2D eigenvalue weighted by atomic mass is 9.94. The standard InChI is InChI=1S/C22H23N3O5S/c1-3-29-17-11-14(9-10-16(17)30-12-18(26)27)20-19(13(2)23-22(31)25-20)21(28)24-15-7-5-4-6-8-15/h4-11,20H,3,12H2,1-2H3,(H,24,28)(H,26,27)(H2,23,25,31)/t20-/m0/s1. The van der Waals surface area contributed by atoms with Gasteiger partial charge in [-0.15, -0.1) is 0 Å². The van der Waals surface area contributed by atoms with Crippen LogP contribution in [0.4, 0.5) is 5.69 Å². The van der Waals surface area contributed by atoms with Crippen LogP contribution >= 0.6 is 12.2 Å². The monoisotopic (exact) mass is 441 g/mol. The lowest BCUT2D eigenvalue weighted by molar-refractivity contribution is -0.139. The van der Waals surface area contributed by atoms with Gasteiger partial charge < -0.3 is 30.5 Å². The van der Waals surface area contributed by atoms with Gasteiger partial charge in [-0.25, -0.2) is 4.79 Å². The van der Waals surface area contributed by atoms with E-state index in [4.69, 9.17) is 26.8 Å². The van der Waals surface area contributed by atoms with Crippen molar-refractivity contribution in [1.29, 1.82) is 0 Å². The van der Waals surface area contributed by atoms with Crippen molar-refractivity contribution in [1.82, 2.24) is 10.6 Å². The highest BCUT2D eigenvalue weighted by Crippen LogP contribution is 2.35. The number of anilines is 1. The molecule has 1 aliphatic heterocycles. The molecule has 0 saturated heterocycles. The van der Waals surface area contributed by atoms with E-state index in [2.05, 4.69) is 16.0 Å². The van der Waals surface area contributed by atoms with Crippen molar-refractivity contribution in [3.63, 3.8) is 0 Å². The maximum atomic E-state index is 13.1. The predicted molar refractivity (Wildman–Crippen MR) is 120 cm³/mol. The number of rotatable bonds is 8. The minimum absolute atomic E-state index is 0.277. The first kappa shape index (κ1) is 22.1. The highest BCUT2D eigenvalue weighted by atomic mass is 32.1. The van der Waals surface area contributed by atoms with Crippen molar-refractivity contribution in [2.24, 2.45) is 0 Å². The molecular weight excluding hydrogens is 418 g/mol.